The van der Waals surface area contributed by atoms with E-state index in [0.717, 1.165) is 19.0 Å². The lowest BCUT2D eigenvalue weighted by Crippen LogP contribution is -2.35. The van der Waals surface area contributed by atoms with E-state index < -0.39 is 0 Å². The fourth-order valence-corrected chi connectivity index (χ4v) is 2.13. The molecule has 2 heterocycles. The van der Waals surface area contributed by atoms with Crippen LogP contribution in [-0.2, 0) is 0 Å². The molecule has 0 bridgehead atoms. The molecular weight excluding hydrogens is 228 g/mol. The Bertz CT molecular complexity index is 426. The normalized spacial score (nSPS) is 21.5. The summed E-state index contributed by atoms with van der Waals surface area (Å²) in [4.78, 5) is 10.4. The molecule has 2 atom stereocenters. The van der Waals surface area contributed by atoms with E-state index in [1.165, 1.54) is 18.8 Å². The number of likely N-dealkylation sites (tertiary alicyclic amines) is 1. The molecule has 1 aromatic heterocycles. The quantitative estimate of drug-likeness (QED) is 0.804. The van der Waals surface area contributed by atoms with E-state index in [9.17, 15) is 0 Å². The molecule has 0 amide bonds. The van der Waals surface area contributed by atoms with E-state index in [-0.39, 0.29) is 0 Å². The second kappa shape index (κ2) is 5.78. The minimum atomic E-state index is 0.309. The number of aromatic nitrogens is 2. The lowest BCUT2D eigenvalue weighted by molar-refractivity contribution is 0.165. The van der Waals surface area contributed by atoms with Crippen LogP contribution in [0.1, 0.15) is 26.0 Å². The first-order chi connectivity index (χ1) is 8.69. The van der Waals surface area contributed by atoms with Crippen LogP contribution in [0, 0.1) is 17.2 Å². The number of hydrogen-bond donors (Lipinski definition) is 0. The van der Waals surface area contributed by atoms with Crippen molar-refractivity contribution >= 4 is 0 Å². The van der Waals surface area contributed by atoms with Crippen LogP contribution in [0.4, 0.5) is 0 Å². The van der Waals surface area contributed by atoms with Crippen molar-refractivity contribution in [2.45, 2.75) is 26.3 Å². The first-order valence-electron chi connectivity index (χ1n) is 6.28. The van der Waals surface area contributed by atoms with Crippen molar-refractivity contribution < 1.29 is 4.74 Å². The summed E-state index contributed by atoms with van der Waals surface area (Å²) < 4.78 is 5.59. The highest BCUT2D eigenvalue weighted by atomic mass is 16.5. The number of hydrogen-bond acceptors (Lipinski definition) is 5. The Morgan fingerprint density at radius 1 is 1.56 bits per heavy atom. The molecule has 0 unspecified atom stereocenters. The molecule has 0 aliphatic carbocycles. The highest BCUT2D eigenvalue weighted by Crippen LogP contribution is 2.18. The van der Waals surface area contributed by atoms with Crippen molar-refractivity contribution in [3.63, 3.8) is 0 Å². The molecule has 5 nitrogen and oxygen atoms in total. The van der Waals surface area contributed by atoms with Gasteiger partial charge in [0, 0.05) is 12.6 Å². The zero-order chi connectivity index (χ0) is 13.0. The fourth-order valence-electron chi connectivity index (χ4n) is 2.13. The third-order valence-corrected chi connectivity index (χ3v) is 3.29. The maximum atomic E-state index is 8.62. The molecule has 1 saturated heterocycles. The average molecular weight is 246 g/mol. The predicted molar refractivity (Wildman–Crippen MR) is 67.1 cm³/mol. The van der Waals surface area contributed by atoms with Crippen LogP contribution in [-0.4, -0.2) is 40.6 Å². The summed E-state index contributed by atoms with van der Waals surface area (Å²) in [5.74, 6) is 1.26. The van der Waals surface area contributed by atoms with Gasteiger partial charge in [-0.1, -0.05) is 6.92 Å². The maximum Gasteiger partial charge on any atom is 0.232 e. The van der Waals surface area contributed by atoms with Crippen molar-refractivity contribution in [1.29, 1.82) is 5.26 Å². The lowest BCUT2D eigenvalue weighted by Gasteiger charge is -2.23. The minimum absolute atomic E-state index is 0.309. The largest absolute Gasteiger partial charge is 0.475 e. The Kier molecular flexibility index (Phi) is 4.11. The highest BCUT2D eigenvalue weighted by molar-refractivity contribution is 5.18. The molecule has 0 N–H and O–H groups in total. The summed E-state index contributed by atoms with van der Waals surface area (Å²) >= 11 is 0. The van der Waals surface area contributed by atoms with E-state index in [4.69, 9.17) is 10.00 Å². The maximum absolute atomic E-state index is 8.62. The van der Waals surface area contributed by atoms with Crippen molar-refractivity contribution in [2.75, 3.05) is 19.7 Å². The van der Waals surface area contributed by atoms with Gasteiger partial charge in [-0.2, -0.15) is 5.26 Å². The van der Waals surface area contributed by atoms with Gasteiger partial charge in [0.2, 0.25) is 5.88 Å². The molecule has 0 spiro atoms. The van der Waals surface area contributed by atoms with Crippen LogP contribution in [0.15, 0.2) is 12.4 Å². The van der Waals surface area contributed by atoms with Crippen molar-refractivity contribution in [3.8, 4) is 11.9 Å². The van der Waals surface area contributed by atoms with Gasteiger partial charge in [0.05, 0.1) is 12.4 Å². The Morgan fingerprint density at radius 3 is 2.94 bits per heavy atom. The van der Waals surface area contributed by atoms with Gasteiger partial charge in [-0.25, -0.2) is 9.97 Å². The minimum Gasteiger partial charge on any atom is -0.475 e. The molecule has 18 heavy (non-hydrogen) atoms. The zero-order valence-electron chi connectivity index (χ0n) is 10.8. The molecule has 96 valence electrons. The predicted octanol–water partition coefficient (Wildman–Crippen LogP) is 1.46. The monoisotopic (exact) mass is 246 g/mol. The third-order valence-electron chi connectivity index (χ3n) is 3.29. The molecule has 0 saturated carbocycles. The summed E-state index contributed by atoms with van der Waals surface area (Å²) in [6, 6.07) is 2.31. The van der Waals surface area contributed by atoms with Crippen molar-refractivity contribution in [1.82, 2.24) is 14.9 Å². The number of ether oxygens (including phenoxy) is 1. The van der Waals surface area contributed by atoms with E-state index in [1.807, 2.05) is 6.07 Å². The number of nitriles is 1. The molecule has 5 heteroatoms. The van der Waals surface area contributed by atoms with E-state index in [0.29, 0.717) is 24.2 Å². The summed E-state index contributed by atoms with van der Waals surface area (Å²) in [5.41, 5.74) is 0.309. The standard InChI is InChI=1S/C13H18N4O/c1-10-3-4-17(8-10)11(2)9-18-13-7-15-12(5-14)6-16-13/h6-7,10-11H,3-4,8-9H2,1-2H3/t10-,11+/m1/s1. The van der Waals surface area contributed by atoms with Crippen LogP contribution in [0.5, 0.6) is 5.88 Å². The van der Waals surface area contributed by atoms with Crippen molar-refractivity contribution in [3.05, 3.63) is 18.1 Å². The molecule has 0 aromatic carbocycles. The molecular formula is C13H18N4O. The van der Waals surface area contributed by atoms with Crippen LogP contribution in [0.3, 0.4) is 0 Å². The SMILES string of the molecule is C[C@@H]1CCN([C@@H](C)COc2cnc(C#N)cn2)C1. The average Bonchev–Trinajstić information content (AvgIpc) is 2.83. The Hall–Kier alpha value is -1.67. The van der Waals surface area contributed by atoms with Gasteiger partial charge in [-0.3, -0.25) is 4.90 Å². The second-order valence-electron chi connectivity index (χ2n) is 4.90. The van der Waals surface area contributed by atoms with Gasteiger partial charge in [-0.05, 0) is 25.8 Å². The van der Waals surface area contributed by atoms with Crippen LogP contribution in [0.2, 0.25) is 0 Å². The molecule has 1 aromatic rings. The first-order valence-corrected chi connectivity index (χ1v) is 6.28. The molecule has 2 rings (SSSR count). The van der Waals surface area contributed by atoms with Gasteiger partial charge in [0.1, 0.15) is 12.7 Å². The topological polar surface area (TPSA) is 62.0 Å². The molecule has 1 fully saturated rings. The zero-order valence-corrected chi connectivity index (χ0v) is 10.8. The summed E-state index contributed by atoms with van der Waals surface area (Å²) in [5, 5.41) is 8.62. The first kappa shape index (κ1) is 12.8. The second-order valence-corrected chi connectivity index (χ2v) is 4.90. The van der Waals surface area contributed by atoms with Gasteiger partial charge < -0.3 is 4.74 Å². The van der Waals surface area contributed by atoms with Gasteiger partial charge in [0.25, 0.3) is 0 Å². The molecule has 0 radical (unpaired) electrons. The Morgan fingerprint density at radius 2 is 2.39 bits per heavy atom. The van der Waals surface area contributed by atoms with E-state index in [1.54, 1.807) is 0 Å². The Balaban J connectivity index is 1.81. The van der Waals surface area contributed by atoms with Crippen LogP contribution in [0.25, 0.3) is 0 Å². The van der Waals surface area contributed by atoms with Gasteiger partial charge in [0.15, 0.2) is 5.69 Å². The summed E-state index contributed by atoms with van der Waals surface area (Å²) in [7, 11) is 0. The summed E-state index contributed by atoms with van der Waals surface area (Å²) in [6.07, 6.45) is 4.19. The molecule has 1 aliphatic rings. The highest BCUT2D eigenvalue weighted by Gasteiger charge is 2.23. The van der Waals surface area contributed by atoms with E-state index in [2.05, 4.69) is 28.7 Å². The van der Waals surface area contributed by atoms with E-state index >= 15 is 0 Å². The van der Waals surface area contributed by atoms with Gasteiger partial charge >= 0.3 is 0 Å². The summed E-state index contributed by atoms with van der Waals surface area (Å²) in [6.45, 7) is 7.33. The van der Waals surface area contributed by atoms with Crippen molar-refractivity contribution in [2.24, 2.45) is 5.92 Å². The lowest BCUT2D eigenvalue weighted by atomic mass is 10.2. The number of nitrogens with zero attached hydrogens (tertiary/aromatic N) is 4. The third kappa shape index (κ3) is 3.17. The fraction of sp³-hybridized carbons (Fsp3) is 0.615. The smallest absolute Gasteiger partial charge is 0.232 e. The Labute approximate surface area is 107 Å². The van der Waals surface area contributed by atoms with Gasteiger partial charge in [-0.15, -0.1) is 0 Å². The number of rotatable bonds is 4. The van der Waals surface area contributed by atoms with Crippen LogP contribution >= 0.6 is 0 Å². The van der Waals surface area contributed by atoms with Crippen LogP contribution < -0.4 is 4.74 Å². The molecule has 1 aliphatic heterocycles.